The molecule has 3 rings (SSSR count). The molecule has 17 unspecified atom stereocenters. The molecule has 508 valence electrons. The zero-order valence-electron chi connectivity index (χ0n) is 53.3. The largest absolute Gasteiger partial charge is 0.394 e. The highest BCUT2D eigenvalue weighted by molar-refractivity contribution is 5.76. The number of aliphatic hydroxyl groups excluding tert-OH is 11. The van der Waals surface area contributed by atoms with Gasteiger partial charge in [-0.05, 0) is 109 Å². The molecule has 0 aromatic heterocycles. The van der Waals surface area contributed by atoms with Crippen molar-refractivity contribution in [2.75, 3.05) is 26.4 Å². The number of carbonyl (C=O) groups is 1. The van der Waals surface area contributed by atoms with Crippen LogP contribution in [0.3, 0.4) is 0 Å². The van der Waals surface area contributed by atoms with Gasteiger partial charge in [-0.3, -0.25) is 4.79 Å². The Morgan fingerprint density at radius 3 is 1.18 bits per heavy atom. The van der Waals surface area contributed by atoms with Crippen LogP contribution in [0.25, 0.3) is 0 Å². The van der Waals surface area contributed by atoms with E-state index < -0.39 is 124 Å². The molecule has 0 saturated carbocycles. The van der Waals surface area contributed by atoms with Crippen LogP contribution in [-0.4, -0.2) is 193 Å². The van der Waals surface area contributed by atoms with Gasteiger partial charge in [0.2, 0.25) is 5.91 Å². The van der Waals surface area contributed by atoms with Gasteiger partial charge >= 0.3 is 0 Å². The Morgan fingerprint density at radius 2 is 0.767 bits per heavy atom. The van der Waals surface area contributed by atoms with Crippen molar-refractivity contribution in [3.63, 3.8) is 0 Å². The van der Waals surface area contributed by atoms with E-state index in [1.807, 2.05) is 6.08 Å². The number of unbranched alkanes of at least 4 members (excludes halogenated alkanes) is 6. The lowest BCUT2D eigenvalue weighted by Crippen LogP contribution is -2.66. The summed E-state index contributed by atoms with van der Waals surface area (Å²) >= 11 is 0. The fraction of sp³-hybridized carbons (Fsp3) is 0.620. The predicted octanol–water partition coefficient (Wildman–Crippen LogP) is 7.76. The van der Waals surface area contributed by atoms with Gasteiger partial charge in [0.25, 0.3) is 0 Å². The van der Waals surface area contributed by atoms with Crippen LogP contribution in [0.5, 0.6) is 0 Å². The maximum Gasteiger partial charge on any atom is 0.220 e. The summed E-state index contributed by atoms with van der Waals surface area (Å²) in [4.78, 5) is 13.2. The molecule has 3 saturated heterocycles. The van der Waals surface area contributed by atoms with Crippen LogP contribution in [0, 0.1) is 0 Å². The van der Waals surface area contributed by atoms with Crippen molar-refractivity contribution in [2.24, 2.45) is 0 Å². The van der Waals surface area contributed by atoms with Crippen LogP contribution >= 0.6 is 0 Å². The van der Waals surface area contributed by atoms with E-state index in [9.17, 15) is 61.0 Å². The molecule has 12 N–H and O–H groups in total. The maximum atomic E-state index is 13.2. The fourth-order valence-corrected chi connectivity index (χ4v) is 9.76. The monoisotopic (exact) mass is 1270 g/mol. The van der Waals surface area contributed by atoms with Crippen LogP contribution in [-0.2, 0) is 33.2 Å². The van der Waals surface area contributed by atoms with E-state index in [2.05, 4.69) is 165 Å². The average Bonchev–Trinajstić information content (AvgIpc) is 1.11. The summed E-state index contributed by atoms with van der Waals surface area (Å²) in [5.41, 5.74) is 0. The first-order chi connectivity index (χ1) is 43.8. The highest BCUT2D eigenvalue weighted by atomic mass is 16.8. The SMILES string of the molecule is CC/C=C\C/C=C\C/C=C\C/C=C\C/C=C\C/C=C\C/C=C\C/C=C\C/C=C\C/C=C\C/C=C\C/C=C\CCCCC(=O)NC(COC1OC(CO)C(OC2OC(CO)C(OC3OC(CO)C(O)C(O)C3O)C(O)C2O)C(O)C1O)C(O)/C=C/CCCCCC. The summed E-state index contributed by atoms with van der Waals surface area (Å²) < 4.78 is 34.1. The normalized spacial score (nSPS) is 29.1. The van der Waals surface area contributed by atoms with Gasteiger partial charge in [-0.15, -0.1) is 0 Å². The minimum absolute atomic E-state index is 0.175. The molecule has 0 spiro atoms. The second-order valence-corrected chi connectivity index (χ2v) is 22.5. The smallest absolute Gasteiger partial charge is 0.220 e. The molecular formula is C71H111NO18. The second-order valence-electron chi connectivity index (χ2n) is 22.5. The maximum absolute atomic E-state index is 13.2. The number of ether oxygens (including phenoxy) is 6. The lowest BCUT2D eigenvalue weighted by molar-refractivity contribution is -0.379. The van der Waals surface area contributed by atoms with E-state index in [0.29, 0.717) is 12.8 Å². The first kappa shape index (κ1) is 79.6. The van der Waals surface area contributed by atoms with E-state index >= 15 is 0 Å². The van der Waals surface area contributed by atoms with Crippen LogP contribution in [0.1, 0.15) is 149 Å². The van der Waals surface area contributed by atoms with Crippen molar-refractivity contribution in [3.05, 3.63) is 158 Å². The third-order valence-corrected chi connectivity index (χ3v) is 15.1. The van der Waals surface area contributed by atoms with Crippen LogP contribution < -0.4 is 5.32 Å². The highest BCUT2D eigenvalue weighted by Gasteiger charge is 2.53. The Morgan fingerprint density at radius 1 is 0.411 bits per heavy atom. The van der Waals surface area contributed by atoms with Crippen molar-refractivity contribution in [1.29, 1.82) is 0 Å². The first-order valence-electron chi connectivity index (χ1n) is 32.7. The van der Waals surface area contributed by atoms with E-state index in [-0.39, 0.29) is 18.9 Å². The van der Waals surface area contributed by atoms with E-state index in [0.717, 1.165) is 116 Å². The lowest BCUT2D eigenvalue weighted by atomic mass is 9.96. The van der Waals surface area contributed by atoms with Gasteiger partial charge in [-0.1, -0.05) is 191 Å². The Kier molecular flexibility index (Phi) is 45.0. The van der Waals surface area contributed by atoms with Crippen molar-refractivity contribution in [1.82, 2.24) is 5.32 Å². The van der Waals surface area contributed by atoms with Gasteiger partial charge in [0, 0.05) is 6.42 Å². The molecule has 3 aliphatic heterocycles. The minimum Gasteiger partial charge on any atom is -0.394 e. The Bertz CT molecular complexity index is 2250. The summed E-state index contributed by atoms with van der Waals surface area (Å²) in [5, 5.41) is 120. The molecule has 19 heteroatoms. The van der Waals surface area contributed by atoms with Crippen LogP contribution in [0.15, 0.2) is 158 Å². The Balaban J connectivity index is 1.33. The Labute approximate surface area is 535 Å². The summed E-state index contributed by atoms with van der Waals surface area (Å²) in [7, 11) is 0. The second kappa shape index (κ2) is 50.9. The van der Waals surface area contributed by atoms with Gasteiger partial charge in [0.15, 0.2) is 18.9 Å². The summed E-state index contributed by atoms with van der Waals surface area (Å²) in [6, 6.07) is -1.00. The molecule has 90 heavy (non-hydrogen) atoms. The molecule has 0 bridgehead atoms. The summed E-state index contributed by atoms with van der Waals surface area (Å²) in [6.07, 6.45) is 47.3. The Hall–Kier alpha value is -4.59. The number of hydrogen-bond acceptors (Lipinski definition) is 18. The van der Waals surface area contributed by atoms with E-state index in [1.165, 1.54) is 0 Å². The third-order valence-electron chi connectivity index (χ3n) is 15.1. The molecule has 0 radical (unpaired) electrons. The van der Waals surface area contributed by atoms with Gasteiger partial charge < -0.3 is 89.9 Å². The van der Waals surface area contributed by atoms with Crippen molar-refractivity contribution >= 4 is 5.91 Å². The minimum atomic E-state index is -1.99. The molecule has 3 heterocycles. The van der Waals surface area contributed by atoms with Gasteiger partial charge in [-0.25, -0.2) is 0 Å². The molecule has 17 atom stereocenters. The van der Waals surface area contributed by atoms with Crippen molar-refractivity contribution in [3.8, 4) is 0 Å². The highest BCUT2D eigenvalue weighted by Crippen LogP contribution is 2.33. The van der Waals surface area contributed by atoms with Crippen LogP contribution in [0.2, 0.25) is 0 Å². The summed E-state index contributed by atoms with van der Waals surface area (Å²) in [6.45, 7) is 1.43. The number of amides is 1. The van der Waals surface area contributed by atoms with Gasteiger partial charge in [0.1, 0.15) is 73.2 Å². The molecule has 1 amide bonds. The molecule has 0 aromatic carbocycles. The standard InChI is InChI=1S/C71H111NO18/c1-3-5-7-9-11-12-13-14-15-16-17-18-19-20-21-22-23-24-25-26-27-28-29-30-31-32-33-34-35-36-37-38-39-40-41-42-43-45-47-49-59(77)72-54(55(76)48-46-44-10-8-6-4-2)53-85-69-65(83)62(80)67(57(51-74)87-69)90-71-66(84)63(81)68(58(52-75)88-71)89-70-64(82)61(79)60(78)56(50-73)86-70/h5,7,11-12,14-15,17-18,20-21,23-24,26-27,29-30,32-33,35-36,38-39,41-42,46,48,54-58,60-71,73-76,78-84H,3-4,6,8-10,13,16,19,22,25,28,31,34,37,40,43-45,47,49-53H2,1-2H3,(H,72,77)/b7-5-,12-11-,15-14-,18-17-,21-20-,24-23-,27-26-,30-29-,33-32-,36-35-,39-38-,42-41-,48-46+. The number of carbonyl (C=O) groups excluding carboxylic acids is 1. The topological polar surface area (TPSA) is 307 Å². The molecule has 0 aliphatic carbocycles. The van der Waals surface area contributed by atoms with Gasteiger partial charge in [-0.2, -0.15) is 0 Å². The zero-order valence-corrected chi connectivity index (χ0v) is 53.3. The molecule has 0 aromatic rings. The van der Waals surface area contributed by atoms with Crippen molar-refractivity contribution < 1.29 is 89.4 Å². The average molecular weight is 1270 g/mol. The zero-order chi connectivity index (χ0) is 65.4. The first-order valence-corrected chi connectivity index (χ1v) is 32.7. The summed E-state index contributed by atoms with van der Waals surface area (Å²) in [5.74, 6) is -0.333. The number of rotatable bonds is 46. The number of allylic oxidation sites excluding steroid dienone is 25. The number of nitrogens with one attached hydrogen (secondary N) is 1. The number of hydrogen-bond donors (Lipinski definition) is 12. The molecule has 19 nitrogen and oxygen atoms in total. The van der Waals surface area contributed by atoms with E-state index in [1.54, 1.807) is 6.08 Å². The van der Waals surface area contributed by atoms with Crippen molar-refractivity contribution in [2.45, 2.75) is 253 Å². The molecule has 3 fully saturated rings. The van der Waals surface area contributed by atoms with Gasteiger partial charge in [0.05, 0.1) is 38.6 Å². The predicted molar refractivity (Wildman–Crippen MR) is 350 cm³/mol. The quantitative estimate of drug-likeness (QED) is 0.0205. The third kappa shape index (κ3) is 32.8. The molecule has 3 aliphatic rings. The molecular weight excluding hydrogens is 1150 g/mol. The van der Waals surface area contributed by atoms with E-state index in [4.69, 9.17) is 28.4 Å². The fourth-order valence-electron chi connectivity index (χ4n) is 9.76. The van der Waals surface area contributed by atoms with Crippen LogP contribution in [0.4, 0.5) is 0 Å². The number of aliphatic hydroxyl groups is 11. The lowest BCUT2D eigenvalue weighted by Gasteiger charge is -2.48.